The number of nitrogens with zero attached hydrogens (tertiary/aromatic N) is 1. The molecule has 0 aliphatic carbocycles. The zero-order chi connectivity index (χ0) is 12.0. The number of nitrogens with two attached hydrogens (primary N) is 1. The van der Waals surface area contributed by atoms with Crippen LogP contribution in [0, 0.1) is 10.1 Å². The number of non-ortho nitro benzene ring substituents is 1. The van der Waals surface area contributed by atoms with Crippen LogP contribution in [0.15, 0.2) is 24.3 Å². The van der Waals surface area contributed by atoms with Gasteiger partial charge in [-0.2, -0.15) is 0 Å². The maximum absolute atomic E-state index is 10.5. The third kappa shape index (κ3) is 3.58. The molecule has 0 spiro atoms. The van der Waals surface area contributed by atoms with Crippen LogP contribution in [0.5, 0.6) is 0 Å². The predicted octanol–water partition coefficient (Wildman–Crippen LogP) is 0.176. The van der Waals surface area contributed by atoms with E-state index >= 15 is 0 Å². The Labute approximate surface area is 93.2 Å². The monoisotopic (exact) mass is 225 g/mol. The lowest BCUT2D eigenvalue weighted by atomic mass is 10.1. The summed E-state index contributed by atoms with van der Waals surface area (Å²) in [7, 11) is 0. The first kappa shape index (κ1) is 12.6. The highest BCUT2D eigenvalue weighted by Crippen LogP contribution is 2.18. The smallest absolute Gasteiger partial charge is 0.269 e. The fourth-order valence-corrected chi connectivity index (χ4v) is 1.30. The topological polar surface area (TPSA) is 101 Å². The molecular formula is C10H15N3O3. The van der Waals surface area contributed by atoms with E-state index in [1.807, 2.05) is 0 Å². The fraction of sp³-hybridized carbons (Fsp3) is 0.400. The van der Waals surface area contributed by atoms with Crippen LogP contribution < -0.4 is 11.1 Å². The van der Waals surface area contributed by atoms with Gasteiger partial charge in [0.15, 0.2) is 0 Å². The maximum Gasteiger partial charge on any atom is 0.269 e. The quantitative estimate of drug-likeness (QED) is 0.364. The van der Waals surface area contributed by atoms with E-state index < -0.39 is 11.0 Å². The summed E-state index contributed by atoms with van der Waals surface area (Å²) in [5.41, 5.74) is 5.79. The molecule has 88 valence electrons. The minimum atomic E-state index is -0.758. The molecule has 6 nitrogen and oxygen atoms in total. The van der Waals surface area contributed by atoms with Gasteiger partial charge in [0.1, 0.15) is 0 Å². The van der Waals surface area contributed by atoms with Gasteiger partial charge in [0.25, 0.3) is 5.69 Å². The Hall–Kier alpha value is -1.50. The number of hydrogen-bond donors (Lipinski definition) is 3. The summed E-state index contributed by atoms with van der Waals surface area (Å²) in [6.07, 6.45) is -0.758. The molecule has 0 amide bonds. The van der Waals surface area contributed by atoms with E-state index in [2.05, 4.69) is 5.32 Å². The molecule has 4 N–H and O–H groups in total. The summed E-state index contributed by atoms with van der Waals surface area (Å²) in [4.78, 5) is 10.0. The van der Waals surface area contributed by atoms with E-state index in [0.717, 1.165) is 0 Å². The maximum atomic E-state index is 10.5. The van der Waals surface area contributed by atoms with Gasteiger partial charge in [-0.05, 0) is 5.56 Å². The van der Waals surface area contributed by atoms with Gasteiger partial charge in [-0.3, -0.25) is 10.1 Å². The molecule has 0 heterocycles. The lowest BCUT2D eigenvalue weighted by molar-refractivity contribution is -0.385. The Morgan fingerprint density at radius 1 is 1.56 bits per heavy atom. The Bertz CT molecular complexity index is 357. The molecule has 0 saturated heterocycles. The fourth-order valence-electron chi connectivity index (χ4n) is 1.30. The Balaban J connectivity index is 2.64. The molecule has 1 aromatic rings. The normalized spacial score (nSPS) is 12.4. The summed E-state index contributed by atoms with van der Waals surface area (Å²) in [5.74, 6) is 0. The van der Waals surface area contributed by atoms with Crippen molar-refractivity contribution in [3.63, 3.8) is 0 Å². The van der Waals surface area contributed by atoms with Crippen LogP contribution in [0.2, 0.25) is 0 Å². The number of aliphatic hydroxyl groups is 1. The van der Waals surface area contributed by atoms with E-state index in [9.17, 15) is 15.2 Å². The number of nitrogens with one attached hydrogen (secondary N) is 1. The third-order valence-corrected chi connectivity index (χ3v) is 2.12. The minimum absolute atomic E-state index is 0.0182. The summed E-state index contributed by atoms with van der Waals surface area (Å²) in [6, 6.07) is 5.97. The second-order valence-electron chi connectivity index (χ2n) is 3.36. The number of nitro groups is 1. The molecule has 0 aliphatic rings. The average molecular weight is 225 g/mol. The number of hydrogen-bond acceptors (Lipinski definition) is 5. The van der Waals surface area contributed by atoms with Crippen molar-refractivity contribution in [3.8, 4) is 0 Å². The summed E-state index contributed by atoms with van der Waals surface area (Å²) in [5, 5.41) is 23.2. The van der Waals surface area contributed by atoms with Crippen LogP contribution in [0.3, 0.4) is 0 Å². The van der Waals surface area contributed by atoms with Crippen LogP contribution in [-0.4, -0.2) is 29.7 Å². The highest BCUT2D eigenvalue weighted by atomic mass is 16.6. The Morgan fingerprint density at radius 3 is 2.94 bits per heavy atom. The van der Waals surface area contributed by atoms with Crippen LogP contribution in [-0.2, 0) is 0 Å². The van der Waals surface area contributed by atoms with Crippen molar-refractivity contribution in [1.29, 1.82) is 0 Å². The van der Waals surface area contributed by atoms with E-state index in [-0.39, 0.29) is 5.69 Å². The van der Waals surface area contributed by atoms with E-state index in [1.54, 1.807) is 12.1 Å². The number of nitro benzene ring substituents is 1. The van der Waals surface area contributed by atoms with E-state index in [4.69, 9.17) is 5.73 Å². The van der Waals surface area contributed by atoms with Gasteiger partial charge in [-0.25, -0.2) is 0 Å². The summed E-state index contributed by atoms with van der Waals surface area (Å²) >= 11 is 0. The molecule has 1 atom stereocenters. The van der Waals surface area contributed by atoms with Crippen molar-refractivity contribution in [2.75, 3.05) is 19.6 Å². The van der Waals surface area contributed by atoms with Crippen LogP contribution in [0.25, 0.3) is 0 Å². The SMILES string of the molecule is NCCNCC(O)c1cccc([N+](=O)[O-])c1. The largest absolute Gasteiger partial charge is 0.387 e. The summed E-state index contributed by atoms with van der Waals surface area (Å²) < 4.78 is 0. The first-order chi connectivity index (χ1) is 7.65. The standard InChI is InChI=1S/C10H15N3O3/c11-4-5-12-7-10(14)8-2-1-3-9(6-8)13(15)16/h1-3,6,10,12,14H,4-5,7,11H2. The van der Waals surface area contributed by atoms with Crippen molar-refractivity contribution in [3.05, 3.63) is 39.9 Å². The third-order valence-electron chi connectivity index (χ3n) is 2.12. The highest BCUT2D eigenvalue weighted by Gasteiger charge is 2.11. The van der Waals surface area contributed by atoms with E-state index in [1.165, 1.54) is 12.1 Å². The molecule has 1 unspecified atom stereocenters. The van der Waals surface area contributed by atoms with Gasteiger partial charge in [0.2, 0.25) is 0 Å². The molecular weight excluding hydrogens is 210 g/mol. The molecule has 1 rings (SSSR count). The van der Waals surface area contributed by atoms with Crippen molar-refractivity contribution in [1.82, 2.24) is 5.32 Å². The zero-order valence-corrected chi connectivity index (χ0v) is 8.80. The van der Waals surface area contributed by atoms with Crippen LogP contribution in [0.4, 0.5) is 5.69 Å². The average Bonchev–Trinajstić information content (AvgIpc) is 2.29. The Kier molecular flexibility index (Phi) is 4.84. The molecule has 6 heteroatoms. The number of rotatable bonds is 6. The van der Waals surface area contributed by atoms with Crippen molar-refractivity contribution in [2.45, 2.75) is 6.10 Å². The zero-order valence-electron chi connectivity index (χ0n) is 8.80. The lowest BCUT2D eigenvalue weighted by Crippen LogP contribution is -2.27. The predicted molar refractivity (Wildman–Crippen MR) is 60.0 cm³/mol. The van der Waals surface area contributed by atoms with Gasteiger partial charge in [-0.15, -0.1) is 0 Å². The van der Waals surface area contributed by atoms with Crippen molar-refractivity contribution >= 4 is 5.69 Å². The molecule has 0 aromatic heterocycles. The van der Waals surface area contributed by atoms with Crippen molar-refractivity contribution in [2.24, 2.45) is 5.73 Å². The molecule has 0 aliphatic heterocycles. The second-order valence-corrected chi connectivity index (χ2v) is 3.36. The summed E-state index contributed by atoms with van der Waals surface area (Å²) in [6.45, 7) is 1.42. The molecule has 0 fully saturated rings. The molecule has 1 aromatic carbocycles. The van der Waals surface area contributed by atoms with Crippen molar-refractivity contribution < 1.29 is 10.0 Å². The Morgan fingerprint density at radius 2 is 2.31 bits per heavy atom. The molecule has 0 radical (unpaired) electrons. The van der Waals surface area contributed by atoms with Gasteiger partial charge < -0.3 is 16.2 Å². The first-order valence-electron chi connectivity index (χ1n) is 4.98. The van der Waals surface area contributed by atoms with Crippen LogP contribution in [0.1, 0.15) is 11.7 Å². The number of aliphatic hydroxyl groups excluding tert-OH is 1. The van der Waals surface area contributed by atoms with Gasteiger partial charge in [-0.1, -0.05) is 12.1 Å². The number of benzene rings is 1. The minimum Gasteiger partial charge on any atom is -0.387 e. The van der Waals surface area contributed by atoms with Gasteiger partial charge in [0.05, 0.1) is 11.0 Å². The second kappa shape index (κ2) is 6.16. The molecule has 0 bridgehead atoms. The van der Waals surface area contributed by atoms with E-state index in [0.29, 0.717) is 25.2 Å². The lowest BCUT2D eigenvalue weighted by Gasteiger charge is -2.11. The molecule has 0 saturated carbocycles. The molecule has 16 heavy (non-hydrogen) atoms. The first-order valence-corrected chi connectivity index (χ1v) is 4.98. The highest BCUT2D eigenvalue weighted by molar-refractivity contribution is 5.35. The van der Waals surface area contributed by atoms with Gasteiger partial charge >= 0.3 is 0 Å². The van der Waals surface area contributed by atoms with Gasteiger partial charge in [0, 0.05) is 31.8 Å². The van der Waals surface area contributed by atoms with Crippen LogP contribution >= 0.6 is 0 Å².